The lowest BCUT2D eigenvalue weighted by molar-refractivity contribution is 0.380. The Morgan fingerprint density at radius 3 is 3.00 bits per heavy atom. The molecule has 6 heteroatoms. The molecule has 0 bridgehead atoms. The molecule has 1 N–H and O–H groups in total. The van der Waals surface area contributed by atoms with Crippen molar-refractivity contribution in [3.8, 4) is 0 Å². The zero-order valence-corrected chi connectivity index (χ0v) is 15.1. The fourth-order valence-electron chi connectivity index (χ4n) is 2.35. The summed E-state index contributed by atoms with van der Waals surface area (Å²) in [5, 5.41) is 5.30. The average Bonchev–Trinajstić information content (AvgIpc) is 2.96. The van der Waals surface area contributed by atoms with E-state index in [9.17, 15) is 0 Å². The molecule has 118 valence electrons. The fourth-order valence-corrected chi connectivity index (χ4v) is 4.45. The monoisotopic (exact) mass is 326 g/mol. The number of aliphatic imine (C=N–C) groups is 1. The lowest BCUT2D eigenvalue weighted by Gasteiger charge is -2.36. The Balaban J connectivity index is 1.90. The molecule has 1 aromatic rings. The predicted octanol–water partition coefficient (Wildman–Crippen LogP) is 2.85. The molecule has 1 unspecified atom stereocenters. The van der Waals surface area contributed by atoms with Crippen molar-refractivity contribution in [2.45, 2.75) is 39.0 Å². The molecule has 4 nitrogen and oxygen atoms in total. The van der Waals surface area contributed by atoms with Crippen LogP contribution in [0.4, 0.5) is 0 Å². The van der Waals surface area contributed by atoms with Gasteiger partial charge in [0, 0.05) is 42.2 Å². The zero-order valence-electron chi connectivity index (χ0n) is 13.4. The van der Waals surface area contributed by atoms with Crippen LogP contribution in [-0.4, -0.2) is 47.0 Å². The van der Waals surface area contributed by atoms with E-state index in [2.05, 4.69) is 52.7 Å². The van der Waals surface area contributed by atoms with Crippen molar-refractivity contribution in [2.75, 3.05) is 25.9 Å². The summed E-state index contributed by atoms with van der Waals surface area (Å²) in [6.45, 7) is 9.71. The summed E-state index contributed by atoms with van der Waals surface area (Å²) in [7, 11) is 1.87. The number of thiazole rings is 1. The van der Waals surface area contributed by atoms with Crippen molar-refractivity contribution in [1.29, 1.82) is 0 Å². The lowest BCUT2D eigenvalue weighted by Crippen LogP contribution is -2.48. The van der Waals surface area contributed by atoms with E-state index < -0.39 is 0 Å². The van der Waals surface area contributed by atoms with Crippen molar-refractivity contribution < 1.29 is 0 Å². The second-order valence-electron chi connectivity index (χ2n) is 5.57. The summed E-state index contributed by atoms with van der Waals surface area (Å²) in [4.78, 5) is 12.6. The molecule has 1 aliphatic heterocycles. The molecule has 1 aliphatic rings. The van der Waals surface area contributed by atoms with E-state index in [0.29, 0.717) is 11.2 Å². The molecule has 0 saturated carbocycles. The maximum Gasteiger partial charge on any atom is 0.194 e. The van der Waals surface area contributed by atoms with Gasteiger partial charge in [-0.1, -0.05) is 20.8 Å². The number of thioether (sulfide) groups is 1. The van der Waals surface area contributed by atoms with Crippen molar-refractivity contribution in [1.82, 2.24) is 15.2 Å². The van der Waals surface area contributed by atoms with E-state index in [1.54, 1.807) is 11.3 Å². The maximum absolute atomic E-state index is 4.46. The molecular weight excluding hydrogens is 300 g/mol. The Morgan fingerprint density at radius 2 is 2.38 bits per heavy atom. The molecule has 1 aromatic heterocycles. The summed E-state index contributed by atoms with van der Waals surface area (Å²) in [6, 6.07) is 0. The summed E-state index contributed by atoms with van der Waals surface area (Å²) in [5.74, 6) is 2.90. The van der Waals surface area contributed by atoms with Crippen molar-refractivity contribution in [2.24, 2.45) is 10.9 Å². The Bertz CT molecular complexity index is 470. The first-order chi connectivity index (χ1) is 10.1. The van der Waals surface area contributed by atoms with E-state index in [0.717, 1.165) is 37.0 Å². The Labute approximate surface area is 136 Å². The third-order valence-electron chi connectivity index (χ3n) is 3.70. The summed E-state index contributed by atoms with van der Waals surface area (Å²) >= 11 is 3.88. The van der Waals surface area contributed by atoms with Crippen LogP contribution in [-0.2, 0) is 13.0 Å². The summed E-state index contributed by atoms with van der Waals surface area (Å²) in [6.07, 6.45) is 3.04. The lowest BCUT2D eigenvalue weighted by atomic mass is 10.1. The van der Waals surface area contributed by atoms with Gasteiger partial charge in [-0.15, -0.1) is 11.3 Å². The maximum atomic E-state index is 4.46. The number of rotatable bonds is 4. The minimum absolute atomic E-state index is 0.698. The number of nitrogens with one attached hydrogen (secondary N) is 1. The molecular formula is C15H26N4S2. The van der Waals surface area contributed by atoms with Crippen LogP contribution in [0.1, 0.15) is 30.7 Å². The molecule has 2 heterocycles. The highest BCUT2D eigenvalue weighted by Crippen LogP contribution is 2.24. The van der Waals surface area contributed by atoms with Gasteiger partial charge in [0.2, 0.25) is 0 Å². The molecule has 1 fully saturated rings. The third-order valence-corrected chi connectivity index (χ3v) is 6.38. The highest BCUT2D eigenvalue weighted by Gasteiger charge is 2.24. The Hall–Kier alpha value is -0.750. The number of nitrogens with zero attached hydrogens (tertiary/aromatic N) is 3. The van der Waals surface area contributed by atoms with Gasteiger partial charge >= 0.3 is 0 Å². The third kappa shape index (κ3) is 4.61. The predicted molar refractivity (Wildman–Crippen MR) is 94.3 cm³/mol. The highest BCUT2D eigenvalue weighted by molar-refractivity contribution is 8.00. The Morgan fingerprint density at radius 1 is 1.57 bits per heavy atom. The second-order valence-corrected chi connectivity index (χ2v) is 8.12. The van der Waals surface area contributed by atoms with Gasteiger partial charge in [0.1, 0.15) is 5.01 Å². The molecule has 0 radical (unpaired) electrons. The number of aryl methyl sites for hydroxylation is 1. The first-order valence-corrected chi connectivity index (χ1v) is 9.51. The van der Waals surface area contributed by atoms with Crippen LogP contribution in [0.5, 0.6) is 0 Å². The molecule has 0 aromatic carbocycles. The SMILES string of the molecule is CCc1cnc(CNC(=NC)N2CCSC(C(C)C)C2)s1. The molecule has 0 amide bonds. The molecule has 0 spiro atoms. The standard InChI is InChI=1S/C15H26N4S2/c1-5-12-8-17-14(21-12)9-18-15(16-4)19-6-7-20-13(10-19)11(2)3/h8,11,13H,5-7,9-10H2,1-4H3,(H,16,18). The number of hydrogen-bond donors (Lipinski definition) is 1. The molecule has 1 saturated heterocycles. The van der Waals surface area contributed by atoms with Gasteiger partial charge in [0.25, 0.3) is 0 Å². The van der Waals surface area contributed by atoms with Crippen LogP contribution in [0.2, 0.25) is 0 Å². The van der Waals surface area contributed by atoms with Gasteiger partial charge in [0.05, 0.1) is 6.54 Å². The number of guanidine groups is 1. The average molecular weight is 327 g/mol. The zero-order chi connectivity index (χ0) is 15.2. The topological polar surface area (TPSA) is 40.5 Å². The quantitative estimate of drug-likeness (QED) is 0.682. The van der Waals surface area contributed by atoms with Crippen LogP contribution in [0, 0.1) is 5.92 Å². The van der Waals surface area contributed by atoms with Crippen molar-refractivity contribution in [3.05, 3.63) is 16.1 Å². The van der Waals surface area contributed by atoms with E-state index >= 15 is 0 Å². The Kier molecular flexibility index (Phi) is 6.36. The smallest absolute Gasteiger partial charge is 0.194 e. The van der Waals surface area contributed by atoms with Gasteiger partial charge in [-0.05, 0) is 12.3 Å². The van der Waals surface area contributed by atoms with E-state index in [-0.39, 0.29) is 0 Å². The number of hydrogen-bond acceptors (Lipinski definition) is 4. The van der Waals surface area contributed by atoms with Gasteiger partial charge in [0.15, 0.2) is 5.96 Å². The summed E-state index contributed by atoms with van der Waals surface area (Å²) in [5.41, 5.74) is 0. The second kappa shape index (κ2) is 8.03. The van der Waals surface area contributed by atoms with Gasteiger partial charge in [-0.25, -0.2) is 4.98 Å². The molecule has 0 aliphatic carbocycles. The van der Waals surface area contributed by atoms with Crippen molar-refractivity contribution >= 4 is 29.1 Å². The van der Waals surface area contributed by atoms with Gasteiger partial charge in [-0.3, -0.25) is 4.99 Å². The fraction of sp³-hybridized carbons (Fsp3) is 0.733. The number of aromatic nitrogens is 1. The van der Waals surface area contributed by atoms with Gasteiger partial charge < -0.3 is 10.2 Å². The minimum atomic E-state index is 0.698. The first-order valence-electron chi connectivity index (χ1n) is 7.64. The van der Waals surface area contributed by atoms with Gasteiger partial charge in [-0.2, -0.15) is 11.8 Å². The summed E-state index contributed by atoms with van der Waals surface area (Å²) < 4.78 is 0. The van der Waals surface area contributed by atoms with Crippen LogP contribution in [0.15, 0.2) is 11.2 Å². The molecule has 1 atom stereocenters. The van der Waals surface area contributed by atoms with Crippen LogP contribution in [0.25, 0.3) is 0 Å². The largest absolute Gasteiger partial charge is 0.350 e. The van der Waals surface area contributed by atoms with Crippen LogP contribution < -0.4 is 5.32 Å². The van der Waals surface area contributed by atoms with E-state index in [4.69, 9.17) is 0 Å². The minimum Gasteiger partial charge on any atom is -0.350 e. The highest BCUT2D eigenvalue weighted by atomic mass is 32.2. The first kappa shape index (κ1) is 16.6. The van der Waals surface area contributed by atoms with E-state index in [1.807, 2.05) is 13.2 Å². The van der Waals surface area contributed by atoms with Crippen LogP contribution in [0.3, 0.4) is 0 Å². The molecule has 21 heavy (non-hydrogen) atoms. The van der Waals surface area contributed by atoms with E-state index in [1.165, 1.54) is 10.6 Å². The molecule has 2 rings (SSSR count). The normalized spacial score (nSPS) is 20.1. The van der Waals surface area contributed by atoms with Crippen LogP contribution >= 0.6 is 23.1 Å². The van der Waals surface area contributed by atoms with Crippen molar-refractivity contribution in [3.63, 3.8) is 0 Å².